The van der Waals surface area contributed by atoms with Crippen molar-refractivity contribution < 1.29 is 14.3 Å². The van der Waals surface area contributed by atoms with Crippen molar-refractivity contribution in [2.45, 2.75) is 6.54 Å². The van der Waals surface area contributed by atoms with E-state index in [9.17, 15) is 4.79 Å². The van der Waals surface area contributed by atoms with Crippen LogP contribution in [0.2, 0.25) is 0 Å². The van der Waals surface area contributed by atoms with E-state index in [4.69, 9.17) is 15.3 Å². The first-order valence-corrected chi connectivity index (χ1v) is 4.83. The van der Waals surface area contributed by atoms with Gasteiger partial charge in [0.1, 0.15) is 5.76 Å². The highest BCUT2D eigenvalue weighted by Gasteiger charge is 2.09. The van der Waals surface area contributed by atoms with Gasteiger partial charge in [0.25, 0.3) is 0 Å². The quantitative estimate of drug-likeness (QED) is 0.825. The van der Waals surface area contributed by atoms with E-state index in [-0.39, 0.29) is 5.76 Å². The summed E-state index contributed by atoms with van der Waals surface area (Å²) in [7, 11) is 0. The monoisotopic (exact) mass is 217 g/mol. The number of furan rings is 1. The Labute approximate surface area is 92.3 Å². The standard InChI is InChI=1S/C12H11NO3/c13-7-8-1-3-9(4-2-8)10-5-6-11(16-10)12(14)15/h1-6H,7,13H2,(H,14,15). The van der Waals surface area contributed by atoms with Gasteiger partial charge in [-0.2, -0.15) is 0 Å². The Morgan fingerprint density at radius 1 is 1.19 bits per heavy atom. The van der Waals surface area contributed by atoms with Crippen molar-refractivity contribution in [2.24, 2.45) is 5.73 Å². The summed E-state index contributed by atoms with van der Waals surface area (Å²) in [6.45, 7) is 0.485. The van der Waals surface area contributed by atoms with E-state index in [1.165, 1.54) is 6.07 Å². The molecule has 0 unspecified atom stereocenters. The van der Waals surface area contributed by atoms with Crippen LogP contribution in [0.3, 0.4) is 0 Å². The molecule has 0 spiro atoms. The van der Waals surface area contributed by atoms with Crippen molar-refractivity contribution in [3.8, 4) is 11.3 Å². The molecule has 16 heavy (non-hydrogen) atoms. The van der Waals surface area contributed by atoms with Crippen molar-refractivity contribution in [3.05, 3.63) is 47.7 Å². The second-order valence-corrected chi connectivity index (χ2v) is 3.37. The Hall–Kier alpha value is -2.07. The summed E-state index contributed by atoms with van der Waals surface area (Å²) >= 11 is 0. The van der Waals surface area contributed by atoms with E-state index in [2.05, 4.69) is 0 Å². The molecular weight excluding hydrogens is 206 g/mol. The third-order valence-corrected chi connectivity index (χ3v) is 2.29. The molecule has 0 amide bonds. The van der Waals surface area contributed by atoms with Gasteiger partial charge in [-0.3, -0.25) is 0 Å². The molecule has 2 aromatic rings. The fourth-order valence-corrected chi connectivity index (χ4v) is 1.41. The molecule has 0 fully saturated rings. The first kappa shape index (κ1) is 10.4. The van der Waals surface area contributed by atoms with Crippen LogP contribution < -0.4 is 5.73 Å². The SMILES string of the molecule is NCc1ccc(-c2ccc(C(=O)O)o2)cc1. The molecule has 0 saturated heterocycles. The van der Waals surface area contributed by atoms with Gasteiger partial charge in [-0.1, -0.05) is 24.3 Å². The molecule has 1 aromatic heterocycles. The van der Waals surface area contributed by atoms with E-state index in [0.29, 0.717) is 12.3 Å². The number of benzene rings is 1. The molecule has 4 nitrogen and oxygen atoms in total. The summed E-state index contributed by atoms with van der Waals surface area (Å²) in [4.78, 5) is 10.6. The summed E-state index contributed by atoms with van der Waals surface area (Å²) in [6.07, 6.45) is 0. The predicted molar refractivity (Wildman–Crippen MR) is 59.0 cm³/mol. The number of aromatic carboxylic acids is 1. The zero-order valence-electron chi connectivity index (χ0n) is 8.51. The number of carboxylic acid groups (broad SMARTS) is 1. The lowest BCUT2D eigenvalue weighted by molar-refractivity contribution is 0.0663. The molecule has 4 heteroatoms. The molecule has 1 heterocycles. The van der Waals surface area contributed by atoms with Crippen molar-refractivity contribution in [3.63, 3.8) is 0 Å². The minimum absolute atomic E-state index is 0.0575. The van der Waals surface area contributed by atoms with Gasteiger partial charge in [0.2, 0.25) is 5.76 Å². The number of hydrogen-bond donors (Lipinski definition) is 2. The third kappa shape index (κ3) is 1.97. The topological polar surface area (TPSA) is 76.5 Å². The van der Waals surface area contributed by atoms with E-state index in [0.717, 1.165) is 11.1 Å². The Bertz CT molecular complexity index is 499. The fraction of sp³-hybridized carbons (Fsp3) is 0.0833. The molecular formula is C12H11NO3. The lowest BCUT2D eigenvalue weighted by Crippen LogP contribution is -1.95. The highest BCUT2D eigenvalue weighted by Crippen LogP contribution is 2.22. The van der Waals surface area contributed by atoms with Gasteiger partial charge in [-0.15, -0.1) is 0 Å². The van der Waals surface area contributed by atoms with Crippen LogP contribution in [-0.2, 0) is 6.54 Å². The molecule has 0 saturated carbocycles. The lowest BCUT2D eigenvalue weighted by Gasteiger charge is -1.99. The summed E-state index contributed by atoms with van der Waals surface area (Å²) in [5.74, 6) is -0.580. The highest BCUT2D eigenvalue weighted by molar-refractivity contribution is 5.85. The van der Waals surface area contributed by atoms with Gasteiger partial charge in [-0.25, -0.2) is 4.79 Å². The van der Waals surface area contributed by atoms with Gasteiger partial charge in [-0.05, 0) is 17.7 Å². The van der Waals surface area contributed by atoms with Crippen LogP contribution >= 0.6 is 0 Å². The second kappa shape index (κ2) is 4.20. The van der Waals surface area contributed by atoms with Crippen LogP contribution in [0.1, 0.15) is 16.1 Å². The molecule has 0 radical (unpaired) electrons. The predicted octanol–water partition coefficient (Wildman–Crippen LogP) is 2.10. The minimum Gasteiger partial charge on any atom is -0.475 e. The van der Waals surface area contributed by atoms with Gasteiger partial charge in [0.05, 0.1) is 0 Å². The van der Waals surface area contributed by atoms with Gasteiger partial charge < -0.3 is 15.3 Å². The molecule has 0 atom stereocenters. The van der Waals surface area contributed by atoms with Crippen LogP contribution in [0.4, 0.5) is 0 Å². The molecule has 0 aliphatic rings. The fourth-order valence-electron chi connectivity index (χ4n) is 1.41. The van der Waals surface area contributed by atoms with E-state index >= 15 is 0 Å². The van der Waals surface area contributed by atoms with E-state index in [1.807, 2.05) is 24.3 Å². The molecule has 82 valence electrons. The number of nitrogens with two attached hydrogens (primary N) is 1. The molecule has 0 aliphatic heterocycles. The number of rotatable bonds is 3. The zero-order chi connectivity index (χ0) is 11.5. The average Bonchev–Trinajstić information content (AvgIpc) is 2.78. The summed E-state index contributed by atoms with van der Waals surface area (Å²) in [5.41, 5.74) is 7.34. The van der Waals surface area contributed by atoms with Crippen molar-refractivity contribution in [1.82, 2.24) is 0 Å². The normalized spacial score (nSPS) is 10.3. The molecule has 1 aromatic carbocycles. The summed E-state index contributed by atoms with van der Waals surface area (Å²) < 4.78 is 5.17. The van der Waals surface area contributed by atoms with E-state index in [1.54, 1.807) is 6.07 Å². The minimum atomic E-state index is -1.06. The Kier molecular flexibility index (Phi) is 2.74. The van der Waals surface area contributed by atoms with Crippen molar-refractivity contribution in [1.29, 1.82) is 0 Å². The Morgan fingerprint density at radius 2 is 1.88 bits per heavy atom. The van der Waals surface area contributed by atoms with Crippen LogP contribution in [0.15, 0.2) is 40.8 Å². The number of carboxylic acids is 1. The molecule has 3 N–H and O–H groups in total. The van der Waals surface area contributed by atoms with Crippen LogP contribution in [0.25, 0.3) is 11.3 Å². The second-order valence-electron chi connectivity index (χ2n) is 3.37. The largest absolute Gasteiger partial charge is 0.475 e. The first-order valence-electron chi connectivity index (χ1n) is 4.83. The van der Waals surface area contributed by atoms with Crippen LogP contribution in [0, 0.1) is 0 Å². The first-order chi connectivity index (χ1) is 7.70. The Morgan fingerprint density at radius 3 is 2.38 bits per heavy atom. The van der Waals surface area contributed by atoms with Gasteiger partial charge in [0.15, 0.2) is 0 Å². The smallest absolute Gasteiger partial charge is 0.371 e. The molecule has 0 bridgehead atoms. The zero-order valence-corrected chi connectivity index (χ0v) is 8.51. The lowest BCUT2D eigenvalue weighted by atomic mass is 10.1. The molecule has 0 aliphatic carbocycles. The van der Waals surface area contributed by atoms with Crippen LogP contribution in [0.5, 0.6) is 0 Å². The maximum atomic E-state index is 10.6. The van der Waals surface area contributed by atoms with Crippen molar-refractivity contribution in [2.75, 3.05) is 0 Å². The average molecular weight is 217 g/mol. The van der Waals surface area contributed by atoms with Crippen LogP contribution in [-0.4, -0.2) is 11.1 Å². The van der Waals surface area contributed by atoms with Crippen molar-refractivity contribution >= 4 is 5.97 Å². The maximum absolute atomic E-state index is 10.6. The summed E-state index contributed by atoms with van der Waals surface area (Å²) in [6, 6.07) is 10.6. The van der Waals surface area contributed by atoms with E-state index < -0.39 is 5.97 Å². The summed E-state index contributed by atoms with van der Waals surface area (Å²) in [5, 5.41) is 8.72. The third-order valence-electron chi connectivity index (χ3n) is 2.29. The number of carbonyl (C=O) groups is 1. The Balaban J connectivity index is 2.31. The highest BCUT2D eigenvalue weighted by atomic mass is 16.4. The van der Waals surface area contributed by atoms with Gasteiger partial charge >= 0.3 is 5.97 Å². The van der Waals surface area contributed by atoms with Gasteiger partial charge in [0, 0.05) is 12.1 Å². The number of hydrogen-bond acceptors (Lipinski definition) is 3. The molecule has 2 rings (SSSR count). The maximum Gasteiger partial charge on any atom is 0.371 e.